The van der Waals surface area contributed by atoms with Crippen LogP contribution in [0, 0.1) is 13.8 Å². The Bertz CT molecular complexity index is 4090. The van der Waals surface area contributed by atoms with Gasteiger partial charge in [0.05, 0.1) is 33.4 Å². The Morgan fingerprint density at radius 1 is 0.257 bits per heavy atom. The molecule has 5 nitrogen and oxygen atoms in total. The summed E-state index contributed by atoms with van der Waals surface area (Å²) in [7, 11) is 0. The molecule has 13 aromatic rings. The maximum absolute atomic E-state index is 5.23. The molecule has 0 radical (unpaired) electrons. The lowest BCUT2D eigenvalue weighted by molar-refractivity contribution is 1.07. The minimum Gasteiger partial charge on any atom is -0.309 e. The Labute approximate surface area is 406 Å². The normalized spacial score (nSPS) is 11.6. The van der Waals surface area contributed by atoms with Crippen LogP contribution in [0.3, 0.4) is 0 Å². The van der Waals surface area contributed by atoms with E-state index >= 15 is 0 Å². The van der Waals surface area contributed by atoms with Crippen LogP contribution in [-0.4, -0.2) is 24.1 Å². The Morgan fingerprint density at radius 2 is 0.657 bits per heavy atom. The monoisotopic (exact) mass is 895 g/mol. The van der Waals surface area contributed by atoms with E-state index in [4.69, 9.17) is 15.0 Å². The third-order valence-electron chi connectivity index (χ3n) is 13.7. The molecule has 10 aromatic carbocycles. The first-order valence-corrected chi connectivity index (χ1v) is 23.8. The number of aryl methyl sites for hydroxylation is 2. The Kier molecular flexibility index (Phi) is 9.88. The summed E-state index contributed by atoms with van der Waals surface area (Å²) in [4.78, 5) is 15.5. The second-order valence-electron chi connectivity index (χ2n) is 18.2. The first-order valence-electron chi connectivity index (χ1n) is 23.8. The largest absolute Gasteiger partial charge is 0.309 e. The topological polar surface area (TPSA) is 48.5 Å². The molecule has 0 fully saturated rings. The molecule has 0 amide bonds. The third kappa shape index (κ3) is 7.06. The summed E-state index contributed by atoms with van der Waals surface area (Å²) in [5.74, 6) is 1.85. The van der Waals surface area contributed by atoms with Crippen LogP contribution in [0.15, 0.2) is 237 Å². The predicted molar refractivity (Wildman–Crippen MR) is 291 cm³/mol. The smallest absolute Gasteiger partial charge is 0.164 e. The lowest BCUT2D eigenvalue weighted by Crippen LogP contribution is -2.03. The van der Waals surface area contributed by atoms with Gasteiger partial charge < -0.3 is 9.13 Å². The van der Waals surface area contributed by atoms with Crippen LogP contribution < -0.4 is 0 Å². The van der Waals surface area contributed by atoms with Gasteiger partial charge in [0.15, 0.2) is 17.5 Å². The minimum absolute atomic E-state index is 0.600. The summed E-state index contributed by atoms with van der Waals surface area (Å²) in [6.45, 7) is 4.31. The standard InChI is InChI=1S/C65H45N5/c1-42-17-15-23-46(37-42)48-32-35-60-55(39-48)52-26-10-13-29-58(52)69(60)57-28-12-9-25-51(57)54-34-31-50(65-67-63(44-19-5-3-6-20-44)66-64(68-65)45-21-7-4-8-22-45)41-62(54)70-59-30-14-11-27-53(59)56-40-49(33-36-61(56)70)47-24-16-18-43(2)38-47/h3-41H,1-2H3. The SMILES string of the molecule is Cc1cccc(-c2ccc3c(c2)c2ccccc2n3-c2ccccc2-c2ccc(-c3nc(-c4ccccc4)nc(-c4ccccc4)n3)cc2-n2c3ccccc3c3cc(-c4cccc(C)c4)ccc32)c1. The highest BCUT2D eigenvalue weighted by molar-refractivity contribution is 6.13. The summed E-state index contributed by atoms with van der Waals surface area (Å²) in [5, 5.41) is 4.79. The molecule has 0 atom stereocenters. The first-order chi connectivity index (χ1) is 34.5. The summed E-state index contributed by atoms with van der Waals surface area (Å²) < 4.78 is 4.89. The highest BCUT2D eigenvalue weighted by Gasteiger charge is 2.23. The molecule has 5 heteroatoms. The zero-order valence-electron chi connectivity index (χ0n) is 38.8. The van der Waals surface area contributed by atoms with Gasteiger partial charge in [-0.15, -0.1) is 0 Å². The van der Waals surface area contributed by atoms with E-state index in [1.807, 2.05) is 36.4 Å². The van der Waals surface area contributed by atoms with Crippen LogP contribution in [0.4, 0.5) is 0 Å². The van der Waals surface area contributed by atoms with Crippen molar-refractivity contribution in [3.05, 3.63) is 248 Å². The molecule has 0 saturated heterocycles. The highest BCUT2D eigenvalue weighted by Crippen LogP contribution is 2.43. The summed E-state index contributed by atoms with van der Waals surface area (Å²) in [6, 6.07) is 84.8. The van der Waals surface area contributed by atoms with Crippen LogP contribution in [0.25, 0.3) is 123 Å². The lowest BCUT2D eigenvalue weighted by Gasteiger charge is -2.19. The molecule has 0 saturated carbocycles. The van der Waals surface area contributed by atoms with E-state index in [1.54, 1.807) is 0 Å². The maximum atomic E-state index is 5.23. The average Bonchev–Trinajstić information content (AvgIpc) is 3.93. The van der Waals surface area contributed by atoms with Crippen molar-refractivity contribution in [1.29, 1.82) is 0 Å². The second kappa shape index (κ2) is 16.8. The molecule has 330 valence electrons. The third-order valence-corrected chi connectivity index (χ3v) is 13.7. The van der Waals surface area contributed by atoms with Crippen molar-refractivity contribution in [2.75, 3.05) is 0 Å². The van der Waals surface area contributed by atoms with Crippen LogP contribution in [0.2, 0.25) is 0 Å². The first kappa shape index (κ1) is 41.0. The molecular weight excluding hydrogens is 851 g/mol. The van der Waals surface area contributed by atoms with Gasteiger partial charge in [0.25, 0.3) is 0 Å². The molecule has 0 bridgehead atoms. The predicted octanol–water partition coefficient (Wildman–Crippen LogP) is 16.7. The van der Waals surface area contributed by atoms with Crippen molar-refractivity contribution in [3.8, 4) is 78.9 Å². The van der Waals surface area contributed by atoms with Gasteiger partial charge >= 0.3 is 0 Å². The van der Waals surface area contributed by atoms with Crippen molar-refractivity contribution < 1.29 is 0 Å². The molecule has 70 heavy (non-hydrogen) atoms. The fourth-order valence-electron chi connectivity index (χ4n) is 10.4. The molecule has 3 heterocycles. The zero-order valence-corrected chi connectivity index (χ0v) is 38.8. The van der Waals surface area contributed by atoms with E-state index in [0.29, 0.717) is 17.5 Å². The molecule has 13 rings (SSSR count). The van der Waals surface area contributed by atoms with E-state index in [1.165, 1.54) is 54.9 Å². The highest BCUT2D eigenvalue weighted by atomic mass is 15.0. The van der Waals surface area contributed by atoms with Crippen molar-refractivity contribution in [2.45, 2.75) is 13.8 Å². The zero-order chi connectivity index (χ0) is 46.7. The van der Waals surface area contributed by atoms with Gasteiger partial charge in [0, 0.05) is 49.4 Å². The van der Waals surface area contributed by atoms with Crippen molar-refractivity contribution in [3.63, 3.8) is 0 Å². The number of fused-ring (bicyclic) bond motifs is 6. The quantitative estimate of drug-likeness (QED) is 0.153. The Hall–Kier alpha value is -9.19. The lowest BCUT2D eigenvalue weighted by atomic mass is 9.98. The van der Waals surface area contributed by atoms with Crippen LogP contribution in [0.5, 0.6) is 0 Å². The number of aromatic nitrogens is 5. The van der Waals surface area contributed by atoms with Gasteiger partial charge in [-0.1, -0.05) is 199 Å². The number of benzene rings is 10. The van der Waals surface area contributed by atoms with Gasteiger partial charge in [-0.2, -0.15) is 0 Å². The molecule has 0 N–H and O–H groups in total. The fourth-order valence-corrected chi connectivity index (χ4v) is 10.4. The van der Waals surface area contributed by atoms with E-state index in [9.17, 15) is 0 Å². The number of hydrogen-bond donors (Lipinski definition) is 0. The van der Waals surface area contributed by atoms with Crippen LogP contribution >= 0.6 is 0 Å². The summed E-state index contributed by atoms with van der Waals surface area (Å²) >= 11 is 0. The average molecular weight is 896 g/mol. The Morgan fingerprint density at radius 3 is 1.20 bits per heavy atom. The molecule has 0 spiro atoms. The van der Waals surface area contributed by atoms with Gasteiger partial charge in [-0.25, -0.2) is 15.0 Å². The fraction of sp³-hybridized carbons (Fsp3) is 0.0308. The molecule has 0 aliphatic heterocycles. The van der Waals surface area contributed by atoms with Crippen molar-refractivity contribution >= 4 is 43.6 Å². The second-order valence-corrected chi connectivity index (χ2v) is 18.2. The van der Waals surface area contributed by atoms with E-state index in [2.05, 4.69) is 223 Å². The number of rotatable bonds is 8. The molecular formula is C65H45N5. The molecule has 0 unspecified atom stereocenters. The number of para-hydroxylation sites is 3. The molecule has 3 aromatic heterocycles. The molecule has 0 aliphatic carbocycles. The van der Waals surface area contributed by atoms with Crippen molar-refractivity contribution in [1.82, 2.24) is 24.1 Å². The van der Waals surface area contributed by atoms with Gasteiger partial charge in [0.1, 0.15) is 0 Å². The summed E-state index contributed by atoms with van der Waals surface area (Å²) in [6.07, 6.45) is 0. The van der Waals surface area contributed by atoms with Gasteiger partial charge in [-0.05, 0) is 84.6 Å². The van der Waals surface area contributed by atoms with E-state index < -0.39 is 0 Å². The van der Waals surface area contributed by atoms with E-state index in [-0.39, 0.29) is 0 Å². The molecule has 0 aliphatic rings. The number of nitrogens with zero attached hydrogens (tertiary/aromatic N) is 5. The van der Waals surface area contributed by atoms with Crippen LogP contribution in [0.1, 0.15) is 11.1 Å². The van der Waals surface area contributed by atoms with Gasteiger partial charge in [0.2, 0.25) is 0 Å². The van der Waals surface area contributed by atoms with Crippen molar-refractivity contribution in [2.24, 2.45) is 0 Å². The van der Waals surface area contributed by atoms with E-state index in [0.717, 1.165) is 61.3 Å². The Balaban J connectivity index is 1.08. The summed E-state index contributed by atoms with van der Waals surface area (Å²) in [5.41, 5.74) is 18.8. The maximum Gasteiger partial charge on any atom is 0.164 e. The van der Waals surface area contributed by atoms with Crippen LogP contribution in [-0.2, 0) is 0 Å². The minimum atomic E-state index is 0.600. The number of hydrogen-bond acceptors (Lipinski definition) is 3. The van der Waals surface area contributed by atoms with Gasteiger partial charge in [-0.3, -0.25) is 0 Å².